The summed E-state index contributed by atoms with van der Waals surface area (Å²) in [4.78, 5) is 0. The van der Waals surface area contributed by atoms with Crippen LogP contribution in [0.1, 0.15) is 39.0 Å². The first-order valence-electron chi connectivity index (χ1n) is 6.72. The van der Waals surface area contributed by atoms with Gasteiger partial charge in [-0.15, -0.1) is 11.3 Å². The fraction of sp³-hybridized carbons (Fsp3) is 0.692. The van der Waals surface area contributed by atoms with E-state index in [9.17, 15) is 8.42 Å². The van der Waals surface area contributed by atoms with Crippen molar-refractivity contribution in [2.75, 3.05) is 6.54 Å². The molecule has 0 saturated heterocycles. The predicted octanol–water partition coefficient (Wildman–Crippen LogP) is 4.01. The van der Waals surface area contributed by atoms with Gasteiger partial charge in [0, 0.05) is 6.54 Å². The molecule has 0 atom stereocenters. The average molecular weight is 366 g/mol. The minimum absolute atomic E-state index is 0.386. The molecule has 0 aliphatic heterocycles. The van der Waals surface area contributed by atoms with E-state index in [0.29, 0.717) is 16.7 Å². The smallest absolute Gasteiger partial charge is 0.210 e. The summed E-state index contributed by atoms with van der Waals surface area (Å²) < 4.78 is 28.0. The zero-order valence-corrected chi connectivity index (χ0v) is 14.3. The molecule has 1 heterocycles. The number of hydrogen-bond donors (Lipinski definition) is 1. The van der Waals surface area contributed by atoms with Gasteiger partial charge < -0.3 is 0 Å². The Bertz CT molecular complexity index is 504. The van der Waals surface area contributed by atoms with Gasteiger partial charge in [0.25, 0.3) is 0 Å². The van der Waals surface area contributed by atoms with Gasteiger partial charge in [0.1, 0.15) is 4.21 Å². The second-order valence-electron chi connectivity index (χ2n) is 5.37. The van der Waals surface area contributed by atoms with Crippen LogP contribution in [-0.2, 0) is 10.0 Å². The molecule has 6 heteroatoms. The Morgan fingerprint density at radius 2 is 2.00 bits per heavy atom. The molecule has 0 bridgehead atoms. The molecule has 1 fully saturated rings. The first kappa shape index (κ1) is 15.5. The highest BCUT2D eigenvalue weighted by Crippen LogP contribution is 2.30. The number of rotatable bonds is 5. The Balaban J connectivity index is 1.79. The van der Waals surface area contributed by atoms with E-state index in [4.69, 9.17) is 0 Å². The molecule has 108 valence electrons. The van der Waals surface area contributed by atoms with Crippen LogP contribution < -0.4 is 4.72 Å². The first-order chi connectivity index (χ1) is 8.97. The number of sulfonamides is 1. The van der Waals surface area contributed by atoms with Crippen LogP contribution in [0, 0.1) is 11.8 Å². The Kier molecular flexibility index (Phi) is 5.45. The lowest BCUT2D eigenvalue weighted by molar-refractivity contribution is 0.278. The molecular formula is C13H20BrNO2S2. The second kappa shape index (κ2) is 6.70. The molecule has 1 aliphatic rings. The van der Waals surface area contributed by atoms with Crippen molar-refractivity contribution in [1.29, 1.82) is 0 Å². The van der Waals surface area contributed by atoms with Crippen molar-refractivity contribution in [3.05, 3.63) is 15.9 Å². The quantitative estimate of drug-likeness (QED) is 0.856. The molecule has 1 N–H and O–H groups in total. The van der Waals surface area contributed by atoms with E-state index in [1.807, 2.05) is 0 Å². The van der Waals surface area contributed by atoms with E-state index in [1.165, 1.54) is 37.0 Å². The minimum Gasteiger partial charge on any atom is -0.210 e. The van der Waals surface area contributed by atoms with Gasteiger partial charge in [-0.05, 0) is 46.3 Å². The summed E-state index contributed by atoms with van der Waals surface area (Å²) in [6.45, 7) is 2.85. The maximum atomic E-state index is 12.0. The summed E-state index contributed by atoms with van der Waals surface area (Å²) in [5, 5.41) is 0. The topological polar surface area (TPSA) is 46.2 Å². The predicted molar refractivity (Wildman–Crippen MR) is 82.9 cm³/mol. The normalized spacial score (nSPS) is 24.5. The highest BCUT2D eigenvalue weighted by Gasteiger charge is 2.20. The summed E-state index contributed by atoms with van der Waals surface area (Å²) in [5.41, 5.74) is 0. The zero-order valence-electron chi connectivity index (χ0n) is 11.1. The molecule has 3 nitrogen and oxygen atoms in total. The largest absolute Gasteiger partial charge is 0.250 e. The van der Waals surface area contributed by atoms with Gasteiger partial charge in [-0.3, -0.25) is 0 Å². The van der Waals surface area contributed by atoms with Crippen LogP contribution in [0.2, 0.25) is 0 Å². The third kappa shape index (κ3) is 4.55. The maximum Gasteiger partial charge on any atom is 0.250 e. The summed E-state index contributed by atoms with van der Waals surface area (Å²) >= 11 is 4.53. The summed E-state index contributed by atoms with van der Waals surface area (Å²) in [6, 6.07) is 3.40. The molecule has 0 aromatic carbocycles. The molecule has 2 rings (SSSR count). The van der Waals surface area contributed by atoms with Gasteiger partial charge in [0.05, 0.1) is 3.79 Å². The fourth-order valence-corrected chi connectivity index (χ4v) is 5.63. The van der Waals surface area contributed by atoms with Crippen LogP contribution in [0.25, 0.3) is 0 Å². The molecule has 0 amide bonds. The fourth-order valence-electron chi connectivity index (χ4n) is 2.53. The highest BCUT2D eigenvalue weighted by molar-refractivity contribution is 9.11. The SMILES string of the molecule is CC1CCC(CCNS(=O)(=O)c2ccc(Br)s2)CC1. The van der Waals surface area contributed by atoms with Crippen LogP contribution in [0.15, 0.2) is 20.1 Å². The molecule has 0 spiro atoms. The van der Waals surface area contributed by atoms with Crippen molar-refractivity contribution in [1.82, 2.24) is 4.72 Å². The summed E-state index contributed by atoms with van der Waals surface area (Å²) in [7, 11) is -3.31. The van der Waals surface area contributed by atoms with Gasteiger partial charge in [0.2, 0.25) is 10.0 Å². The molecule has 1 aromatic rings. The maximum absolute atomic E-state index is 12.0. The standard InChI is InChI=1S/C13H20BrNO2S2/c1-10-2-4-11(5-3-10)8-9-15-19(16,17)13-7-6-12(14)18-13/h6-7,10-11,15H,2-5,8-9H2,1H3. The van der Waals surface area contributed by atoms with Crippen molar-refractivity contribution in [2.24, 2.45) is 11.8 Å². The average Bonchev–Trinajstić information content (AvgIpc) is 2.79. The summed E-state index contributed by atoms with van der Waals surface area (Å²) in [6.07, 6.45) is 6.02. The van der Waals surface area contributed by atoms with Crippen LogP contribution in [0.5, 0.6) is 0 Å². The van der Waals surface area contributed by atoms with Crippen LogP contribution in [0.4, 0.5) is 0 Å². The first-order valence-corrected chi connectivity index (χ1v) is 9.81. The van der Waals surface area contributed by atoms with Crippen molar-refractivity contribution < 1.29 is 8.42 Å². The van der Waals surface area contributed by atoms with Crippen molar-refractivity contribution >= 4 is 37.3 Å². The molecule has 1 saturated carbocycles. The molecular weight excluding hydrogens is 346 g/mol. The number of hydrogen-bond acceptors (Lipinski definition) is 3. The molecule has 1 aromatic heterocycles. The highest BCUT2D eigenvalue weighted by atomic mass is 79.9. The van der Waals surface area contributed by atoms with Gasteiger partial charge in [-0.2, -0.15) is 0 Å². The minimum atomic E-state index is -3.31. The van der Waals surface area contributed by atoms with Crippen molar-refractivity contribution in [2.45, 2.75) is 43.2 Å². The Hall–Kier alpha value is 0.0900. The van der Waals surface area contributed by atoms with Crippen molar-refractivity contribution in [3.8, 4) is 0 Å². The van der Waals surface area contributed by atoms with Gasteiger partial charge in [0.15, 0.2) is 0 Å². The number of halogens is 1. The molecule has 0 unspecified atom stereocenters. The lowest BCUT2D eigenvalue weighted by atomic mass is 9.81. The van der Waals surface area contributed by atoms with E-state index in [0.717, 1.165) is 16.1 Å². The second-order valence-corrected chi connectivity index (χ2v) is 9.83. The van der Waals surface area contributed by atoms with Gasteiger partial charge >= 0.3 is 0 Å². The van der Waals surface area contributed by atoms with E-state index in [1.54, 1.807) is 12.1 Å². The number of thiophene rings is 1. The van der Waals surface area contributed by atoms with Gasteiger partial charge in [-0.25, -0.2) is 13.1 Å². The van der Waals surface area contributed by atoms with Crippen LogP contribution in [0.3, 0.4) is 0 Å². The molecule has 1 aliphatic carbocycles. The third-order valence-corrected chi connectivity index (χ3v) is 7.37. The lowest BCUT2D eigenvalue weighted by Crippen LogP contribution is -2.26. The summed E-state index contributed by atoms with van der Waals surface area (Å²) in [5.74, 6) is 1.53. The zero-order chi connectivity index (χ0) is 13.9. The Labute approximate surface area is 128 Å². The Morgan fingerprint density at radius 3 is 2.58 bits per heavy atom. The Morgan fingerprint density at radius 1 is 1.32 bits per heavy atom. The van der Waals surface area contributed by atoms with Crippen molar-refractivity contribution in [3.63, 3.8) is 0 Å². The van der Waals surface area contributed by atoms with Crippen LogP contribution >= 0.6 is 27.3 Å². The molecule has 19 heavy (non-hydrogen) atoms. The molecule has 0 radical (unpaired) electrons. The van der Waals surface area contributed by atoms with E-state index in [2.05, 4.69) is 27.6 Å². The van der Waals surface area contributed by atoms with E-state index < -0.39 is 10.0 Å². The lowest BCUT2D eigenvalue weighted by Gasteiger charge is -2.25. The van der Waals surface area contributed by atoms with E-state index in [-0.39, 0.29) is 0 Å². The van der Waals surface area contributed by atoms with Crippen LogP contribution in [-0.4, -0.2) is 15.0 Å². The van der Waals surface area contributed by atoms with Gasteiger partial charge in [-0.1, -0.05) is 32.6 Å². The third-order valence-electron chi connectivity index (χ3n) is 3.79. The van der Waals surface area contributed by atoms with E-state index >= 15 is 0 Å². The monoisotopic (exact) mass is 365 g/mol. The number of nitrogens with one attached hydrogen (secondary N) is 1.